The number of carbonyl (C=O) groups is 1. The van der Waals surface area contributed by atoms with Crippen LogP contribution in [-0.4, -0.2) is 33.8 Å². The molecule has 2 rings (SSSR count). The van der Waals surface area contributed by atoms with E-state index in [0.717, 1.165) is 41.1 Å². The Kier molecular flexibility index (Phi) is 5.50. The fraction of sp³-hybridized carbons (Fsp3) is 0.500. The average Bonchev–Trinajstić information content (AvgIpc) is 2.87. The Morgan fingerprint density at radius 1 is 1.53 bits per heavy atom. The minimum Gasteiger partial charge on any atom is -0.507 e. The molecule has 1 N–H and O–H groups in total. The lowest BCUT2D eigenvalue weighted by Crippen LogP contribution is -2.35. The average molecular weight is 438 g/mol. The predicted molar refractivity (Wildman–Crippen MR) is 87.9 cm³/mol. The minimum atomic E-state index is 0.0452. The molecular weight excluding hydrogens is 421 g/mol. The molecule has 0 bridgehead atoms. The maximum absolute atomic E-state index is 12.5. The molecular formula is C14H17BrINO2. The molecule has 0 aromatic heterocycles. The summed E-state index contributed by atoms with van der Waals surface area (Å²) in [5, 5.41) is 10.7. The van der Waals surface area contributed by atoms with Gasteiger partial charge in [-0.05, 0) is 66.5 Å². The van der Waals surface area contributed by atoms with E-state index in [1.54, 1.807) is 18.2 Å². The third-order valence-corrected chi connectivity index (χ3v) is 4.98. The molecule has 1 atom stereocenters. The highest BCUT2D eigenvalue weighted by Crippen LogP contribution is 2.26. The lowest BCUT2D eigenvalue weighted by atomic mass is 10.1. The van der Waals surface area contributed by atoms with E-state index in [-0.39, 0.29) is 11.7 Å². The second kappa shape index (κ2) is 6.92. The summed E-state index contributed by atoms with van der Waals surface area (Å²) in [5.41, 5.74) is 0.587. The zero-order valence-electron chi connectivity index (χ0n) is 10.6. The molecule has 19 heavy (non-hydrogen) atoms. The highest BCUT2D eigenvalue weighted by molar-refractivity contribution is 14.1. The fourth-order valence-electron chi connectivity index (χ4n) is 2.53. The van der Waals surface area contributed by atoms with Gasteiger partial charge >= 0.3 is 0 Å². The van der Waals surface area contributed by atoms with Gasteiger partial charge in [-0.2, -0.15) is 0 Å². The zero-order valence-corrected chi connectivity index (χ0v) is 14.4. The molecule has 0 aliphatic carbocycles. The van der Waals surface area contributed by atoms with Crippen molar-refractivity contribution >= 4 is 44.4 Å². The number of halogens is 2. The topological polar surface area (TPSA) is 40.5 Å². The molecule has 0 radical (unpaired) electrons. The van der Waals surface area contributed by atoms with Crippen LogP contribution in [0.3, 0.4) is 0 Å². The van der Waals surface area contributed by atoms with Gasteiger partial charge in [0.15, 0.2) is 0 Å². The van der Waals surface area contributed by atoms with E-state index in [9.17, 15) is 9.90 Å². The van der Waals surface area contributed by atoms with Crippen LogP contribution in [0, 0.1) is 3.57 Å². The number of hydrogen-bond acceptors (Lipinski definition) is 2. The first-order valence-electron chi connectivity index (χ1n) is 6.49. The first kappa shape index (κ1) is 15.1. The van der Waals surface area contributed by atoms with Crippen LogP contribution in [0.5, 0.6) is 5.75 Å². The number of benzene rings is 1. The molecule has 104 valence electrons. The van der Waals surface area contributed by atoms with Gasteiger partial charge in [-0.15, -0.1) is 0 Å². The number of phenols is 1. The normalized spacial score (nSPS) is 18.8. The van der Waals surface area contributed by atoms with E-state index >= 15 is 0 Å². The molecule has 1 heterocycles. The molecule has 1 amide bonds. The predicted octanol–water partition coefficient (Wildman–Crippen LogP) is 3.78. The Labute approximate surface area is 135 Å². The first-order valence-corrected chi connectivity index (χ1v) is 8.69. The summed E-state index contributed by atoms with van der Waals surface area (Å²) in [4.78, 5) is 14.4. The molecule has 5 heteroatoms. The molecule has 1 fully saturated rings. The summed E-state index contributed by atoms with van der Waals surface area (Å²) in [6.07, 6.45) is 4.31. The SMILES string of the molecule is O=C(c1ccc(I)c(O)c1)N1CCCC1CCCBr. The maximum Gasteiger partial charge on any atom is 0.254 e. The number of likely N-dealkylation sites (tertiary alicyclic amines) is 1. The number of rotatable bonds is 4. The van der Waals surface area contributed by atoms with Gasteiger partial charge < -0.3 is 10.0 Å². The van der Waals surface area contributed by atoms with Gasteiger partial charge in [0, 0.05) is 23.5 Å². The van der Waals surface area contributed by atoms with Crippen LogP contribution in [0.25, 0.3) is 0 Å². The summed E-state index contributed by atoms with van der Waals surface area (Å²) >= 11 is 5.49. The Hall–Kier alpha value is -0.300. The van der Waals surface area contributed by atoms with Crippen LogP contribution >= 0.6 is 38.5 Å². The largest absolute Gasteiger partial charge is 0.507 e. The van der Waals surface area contributed by atoms with Gasteiger partial charge in [-0.25, -0.2) is 0 Å². The Morgan fingerprint density at radius 2 is 2.32 bits per heavy atom. The Morgan fingerprint density at radius 3 is 3.00 bits per heavy atom. The number of aromatic hydroxyl groups is 1. The number of nitrogens with zero attached hydrogens (tertiary/aromatic N) is 1. The molecule has 3 nitrogen and oxygen atoms in total. The third-order valence-electron chi connectivity index (χ3n) is 3.50. The van der Waals surface area contributed by atoms with Crippen molar-refractivity contribution in [3.63, 3.8) is 0 Å². The lowest BCUT2D eigenvalue weighted by Gasteiger charge is -2.24. The number of hydrogen-bond donors (Lipinski definition) is 1. The highest BCUT2D eigenvalue weighted by atomic mass is 127. The van der Waals surface area contributed by atoms with E-state index in [4.69, 9.17) is 0 Å². The van der Waals surface area contributed by atoms with Gasteiger partial charge in [-0.3, -0.25) is 4.79 Å². The van der Waals surface area contributed by atoms with Gasteiger partial charge in [0.25, 0.3) is 5.91 Å². The molecule has 1 aromatic carbocycles. The Bertz CT molecular complexity index is 467. The standard InChI is InChI=1S/C14H17BrINO2/c15-7-1-3-11-4-2-8-17(11)14(19)10-5-6-12(16)13(18)9-10/h5-6,9,11,18H,1-4,7-8H2. The van der Waals surface area contributed by atoms with E-state index < -0.39 is 0 Å². The smallest absolute Gasteiger partial charge is 0.254 e. The first-order chi connectivity index (χ1) is 9.13. The van der Waals surface area contributed by atoms with Crippen LogP contribution in [0.1, 0.15) is 36.0 Å². The van der Waals surface area contributed by atoms with Crippen molar-refractivity contribution in [3.05, 3.63) is 27.3 Å². The lowest BCUT2D eigenvalue weighted by molar-refractivity contribution is 0.0730. The molecule has 1 saturated heterocycles. The van der Waals surface area contributed by atoms with Crippen molar-refractivity contribution in [1.29, 1.82) is 0 Å². The van der Waals surface area contributed by atoms with E-state index in [0.29, 0.717) is 11.6 Å². The summed E-state index contributed by atoms with van der Waals surface area (Å²) in [5.74, 6) is 0.228. The summed E-state index contributed by atoms with van der Waals surface area (Å²) in [6.45, 7) is 0.832. The zero-order chi connectivity index (χ0) is 13.8. The summed E-state index contributed by atoms with van der Waals surface area (Å²) < 4.78 is 0.770. The van der Waals surface area contributed by atoms with Crippen LogP contribution in [-0.2, 0) is 0 Å². The van der Waals surface area contributed by atoms with Crippen LogP contribution < -0.4 is 0 Å². The quantitative estimate of drug-likeness (QED) is 0.575. The van der Waals surface area contributed by atoms with Crippen molar-refractivity contribution in [2.75, 3.05) is 11.9 Å². The molecule has 1 aromatic rings. The monoisotopic (exact) mass is 437 g/mol. The fourth-order valence-corrected chi connectivity index (χ4v) is 3.19. The second-order valence-electron chi connectivity index (χ2n) is 4.79. The number of carbonyl (C=O) groups excluding carboxylic acids is 1. The summed E-state index contributed by atoms with van der Waals surface area (Å²) in [6, 6.07) is 5.51. The van der Waals surface area contributed by atoms with E-state index in [1.807, 2.05) is 4.90 Å². The minimum absolute atomic E-state index is 0.0452. The van der Waals surface area contributed by atoms with Gasteiger partial charge in [-0.1, -0.05) is 15.9 Å². The number of amides is 1. The van der Waals surface area contributed by atoms with Crippen molar-refractivity contribution in [3.8, 4) is 5.75 Å². The van der Waals surface area contributed by atoms with Crippen molar-refractivity contribution < 1.29 is 9.90 Å². The molecule has 0 saturated carbocycles. The number of alkyl halides is 1. The van der Waals surface area contributed by atoms with Crippen molar-refractivity contribution in [1.82, 2.24) is 4.90 Å². The van der Waals surface area contributed by atoms with E-state index in [2.05, 4.69) is 38.5 Å². The second-order valence-corrected chi connectivity index (χ2v) is 6.75. The van der Waals surface area contributed by atoms with Gasteiger partial charge in [0.05, 0.1) is 3.57 Å². The number of phenolic OH excluding ortho intramolecular Hbond substituents is 1. The molecule has 0 spiro atoms. The van der Waals surface area contributed by atoms with Gasteiger partial charge in [0.2, 0.25) is 0 Å². The van der Waals surface area contributed by atoms with E-state index in [1.165, 1.54) is 0 Å². The van der Waals surface area contributed by atoms with Crippen LogP contribution in [0.4, 0.5) is 0 Å². The van der Waals surface area contributed by atoms with Crippen molar-refractivity contribution in [2.45, 2.75) is 31.7 Å². The molecule has 1 unspecified atom stereocenters. The van der Waals surface area contributed by atoms with Gasteiger partial charge in [0.1, 0.15) is 5.75 Å². The van der Waals surface area contributed by atoms with Crippen LogP contribution in [0.2, 0.25) is 0 Å². The summed E-state index contributed by atoms with van der Waals surface area (Å²) in [7, 11) is 0. The highest BCUT2D eigenvalue weighted by Gasteiger charge is 2.29. The Balaban J connectivity index is 2.11. The maximum atomic E-state index is 12.5. The van der Waals surface area contributed by atoms with Crippen LogP contribution in [0.15, 0.2) is 18.2 Å². The molecule has 1 aliphatic heterocycles. The third kappa shape index (κ3) is 3.62. The molecule has 1 aliphatic rings. The van der Waals surface area contributed by atoms with Crippen molar-refractivity contribution in [2.24, 2.45) is 0 Å².